The van der Waals surface area contributed by atoms with Crippen LogP contribution in [0.25, 0.3) is 0 Å². The number of aliphatic imine (C=N–C) groups is 1. The lowest BCUT2D eigenvalue weighted by Crippen LogP contribution is -2.38. The van der Waals surface area contributed by atoms with Crippen LogP contribution in [-0.2, 0) is 16.0 Å². The van der Waals surface area contributed by atoms with Gasteiger partial charge in [-0.15, -0.1) is 0 Å². The van der Waals surface area contributed by atoms with Crippen LogP contribution in [0.4, 0.5) is 17.1 Å². The minimum atomic E-state index is -0.850. The molecule has 1 aliphatic heterocycles. The van der Waals surface area contributed by atoms with Gasteiger partial charge in [0.15, 0.2) is 0 Å². The molecule has 1 unspecified atom stereocenters. The number of carbonyl (C=O) groups is 2. The zero-order chi connectivity index (χ0) is 30.8. The molecule has 226 valence electrons. The highest BCUT2D eigenvalue weighted by molar-refractivity contribution is 5.97. The minimum absolute atomic E-state index is 0.00391. The smallest absolute Gasteiger partial charge is 0.307 e. The van der Waals surface area contributed by atoms with Gasteiger partial charge in [-0.2, -0.15) is 0 Å². The maximum atomic E-state index is 13.5. The summed E-state index contributed by atoms with van der Waals surface area (Å²) in [5.74, 6) is -0.00400. The Bertz CT molecular complexity index is 1330. The molecule has 1 aromatic carbocycles. The van der Waals surface area contributed by atoms with Crippen LogP contribution in [0.1, 0.15) is 76.6 Å². The van der Waals surface area contributed by atoms with Crippen molar-refractivity contribution in [3.05, 3.63) is 71.2 Å². The van der Waals surface area contributed by atoms with Crippen molar-refractivity contribution >= 4 is 34.8 Å². The fourth-order valence-electron chi connectivity index (χ4n) is 5.33. The Morgan fingerprint density at radius 3 is 2.55 bits per heavy atom. The van der Waals surface area contributed by atoms with Gasteiger partial charge in [-0.1, -0.05) is 58.4 Å². The Morgan fingerprint density at radius 1 is 1.21 bits per heavy atom. The van der Waals surface area contributed by atoms with Crippen LogP contribution in [0.15, 0.2) is 59.4 Å². The monoisotopic (exact) mass is 573 g/mol. The van der Waals surface area contributed by atoms with Gasteiger partial charge in [-0.05, 0) is 68.9 Å². The first kappa shape index (κ1) is 32.6. The van der Waals surface area contributed by atoms with Crippen molar-refractivity contribution in [3.63, 3.8) is 0 Å². The number of hydrogen-bond donors (Lipinski definition) is 2. The number of aliphatic carboxylic acids is 1. The van der Waals surface area contributed by atoms with Gasteiger partial charge in [-0.3, -0.25) is 14.6 Å². The third kappa shape index (κ3) is 8.30. The van der Waals surface area contributed by atoms with Crippen molar-refractivity contribution in [2.24, 2.45) is 10.9 Å². The van der Waals surface area contributed by atoms with E-state index in [9.17, 15) is 9.59 Å². The van der Waals surface area contributed by atoms with Gasteiger partial charge < -0.3 is 20.2 Å². The van der Waals surface area contributed by atoms with Gasteiger partial charge in [0, 0.05) is 24.7 Å². The van der Waals surface area contributed by atoms with E-state index in [1.54, 1.807) is 0 Å². The number of hydrogen-bond acceptors (Lipinski definition) is 5. The molecule has 42 heavy (non-hydrogen) atoms. The predicted octanol–water partition coefficient (Wildman–Crippen LogP) is 7.08. The SMILES string of the molecule is C=CC1=C(N=C(C)Nc2ccc(CC(=O)O)cc2)CN(c2cnc(C)c(N(CCCCC)C(=O)C(C)CC)c2C)CC1. The molecule has 0 spiro atoms. The summed E-state index contributed by atoms with van der Waals surface area (Å²) in [5, 5.41) is 12.3. The lowest BCUT2D eigenvalue weighted by Gasteiger charge is -2.34. The molecule has 0 saturated heterocycles. The molecule has 2 heterocycles. The summed E-state index contributed by atoms with van der Waals surface area (Å²) < 4.78 is 0. The Balaban J connectivity index is 1.89. The van der Waals surface area contributed by atoms with Crippen molar-refractivity contribution in [3.8, 4) is 0 Å². The van der Waals surface area contributed by atoms with E-state index >= 15 is 0 Å². The number of aromatic nitrogens is 1. The van der Waals surface area contributed by atoms with Gasteiger partial charge in [0.25, 0.3) is 0 Å². The van der Waals surface area contributed by atoms with Crippen LogP contribution >= 0.6 is 0 Å². The van der Waals surface area contributed by atoms with Crippen LogP contribution < -0.4 is 15.1 Å². The van der Waals surface area contributed by atoms with Crippen molar-refractivity contribution in [2.75, 3.05) is 34.8 Å². The zero-order valence-electron chi connectivity index (χ0n) is 26.2. The number of nitrogens with one attached hydrogen (secondary N) is 1. The van der Waals surface area contributed by atoms with E-state index in [1.807, 2.05) is 62.2 Å². The predicted molar refractivity (Wildman–Crippen MR) is 174 cm³/mol. The summed E-state index contributed by atoms with van der Waals surface area (Å²) in [7, 11) is 0. The topological polar surface area (TPSA) is 98.1 Å². The summed E-state index contributed by atoms with van der Waals surface area (Å²) in [6.07, 6.45) is 8.55. The third-order valence-electron chi connectivity index (χ3n) is 7.90. The van der Waals surface area contributed by atoms with E-state index in [4.69, 9.17) is 15.1 Å². The molecule has 2 N–H and O–H groups in total. The van der Waals surface area contributed by atoms with Gasteiger partial charge >= 0.3 is 5.97 Å². The molecular weight excluding hydrogens is 526 g/mol. The number of carboxylic acid groups (broad SMARTS) is 1. The average molecular weight is 574 g/mol. The molecule has 8 nitrogen and oxygen atoms in total. The highest BCUT2D eigenvalue weighted by atomic mass is 16.4. The number of aryl methyl sites for hydroxylation is 1. The number of pyridine rings is 1. The molecule has 0 fully saturated rings. The molecule has 2 aromatic rings. The molecular formula is C34H47N5O3. The first-order valence-corrected chi connectivity index (χ1v) is 15.1. The number of carboxylic acids is 1. The largest absolute Gasteiger partial charge is 0.481 e. The molecule has 1 aromatic heterocycles. The number of amides is 1. The highest BCUT2D eigenvalue weighted by Crippen LogP contribution is 2.35. The number of rotatable bonds is 13. The fraction of sp³-hybridized carbons (Fsp3) is 0.471. The van der Waals surface area contributed by atoms with Crippen LogP contribution in [0.3, 0.4) is 0 Å². The lowest BCUT2D eigenvalue weighted by molar-refractivity contribution is -0.136. The molecule has 1 aliphatic rings. The molecule has 3 rings (SSSR count). The second kappa shape index (κ2) is 15.3. The quantitative estimate of drug-likeness (QED) is 0.151. The molecule has 0 saturated carbocycles. The van der Waals surface area contributed by atoms with Gasteiger partial charge in [0.05, 0.1) is 41.9 Å². The Labute approximate surface area is 251 Å². The van der Waals surface area contributed by atoms with Crippen LogP contribution in [-0.4, -0.2) is 47.4 Å². The summed E-state index contributed by atoms with van der Waals surface area (Å²) >= 11 is 0. The van der Waals surface area contributed by atoms with Gasteiger partial charge in [0.1, 0.15) is 5.84 Å². The van der Waals surface area contributed by atoms with Crippen LogP contribution in [0, 0.1) is 19.8 Å². The Kier molecular flexibility index (Phi) is 11.9. The number of anilines is 3. The summed E-state index contributed by atoms with van der Waals surface area (Å²) in [4.78, 5) is 38.5. The normalized spacial score (nSPS) is 14.5. The van der Waals surface area contributed by atoms with Gasteiger partial charge in [0.2, 0.25) is 5.91 Å². The second-order valence-electron chi connectivity index (χ2n) is 11.1. The molecule has 0 aliphatic carbocycles. The summed E-state index contributed by atoms with van der Waals surface area (Å²) in [5.41, 5.74) is 7.52. The first-order chi connectivity index (χ1) is 20.1. The average Bonchev–Trinajstić information content (AvgIpc) is 2.96. The number of carbonyl (C=O) groups excluding carboxylic acids is 1. The Morgan fingerprint density at radius 2 is 1.93 bits per heavy atom. The molecule has 0 radical (unpaired) electrons. The molecule has 1 atom stereocenters. The van der Waals surface area contributed by atoms with Crippen LogP contribution in [0.2, 0.25) is 0 Å². The van der Waals surface area contributed by atoms with Crippen molar-refractivity contribution in [1.82, 2.24) is 4.98 Å². The number of nitrogens with zero attached hydrogens (tertiary/aromatic N) is 4. The first-order valence-electron chi connectivity index (χ1n) is 15.1. The number of benzene rings is 1. The third-order valence-corrected chi connectivity index (χ3v) is 7.90. The van der Waals surface area contributed by atoms with E-state index < -0.39 is 5.97 Å². The van der Waals surface area contributed by atoms with Crippen molar-refractivity contribution in [1.29, 1.82) is 0 Å². The lowest BCUT2D eigenvalue weighted by atomic mass is 10.0. The van der Waals surface area contributed by atoms with E-state index in [1.165, 1.54) is 0 Å². The van der Waals surface area contributed by atoms with E-state index in [0.29, 0.717) is 13.1 Å². The van der Waals surface area contributed by atoms with Crippen molar-refractivity contribution < 1.29 is 14.7 Å². The van der Waals surface area contributed by atoms with E-state index in [-0.39, 0.29) is 18.2 Å². The minimum Gasteiger partial charge on any atom is -0.481 e. The maximum Gasteiger partial charge on any atom is 0.307 e. The molecule has 1 amide bonds. The zero-order valence-corrected chi connectivity index (χ0v) is 26.2. The van der Waals surface area contributed by atoms with Crippen LogP contribution in [0.5, 0.6) is 0 Å². The number of unbranched alkanes of at least 4 members (excludes halogenated alkanes) is 2. The van der Waals surface area contributed by atoms with Crippen molar-refractivity contribution in [2.45, 2.75) is 80.1 Å². The standard InChI is InChI=1S/C34H47N5O3/c1-8-11-12-18-39(34(42)23(4)9-2)33-24(5)31(21-35-25(33)6)38-19-17-28(10-3)30(22-38)37-26(7)36-29-15-13-27(14-16-29)20-32(40)41/h10,13-16,21,23H,3,8-9,11-12,17-20,22H2,1-2,4-7H3,(H,36,37)(H,40,41). The number of amidine groups is 1. The maximum absolute atomic E-state index is 13.5. The number of allylic oxidation sites excluding steroid dienone is 1. The summed E-state index contributed by atoms with van der Waals surface area (Å²) in [6.45, 7) is 18.4. The van der Waals surface area contributed by atoms with Gasteiger partial charge in [-0.25, -0.2) is 4.99 Å². The second-order valence-corrected chi connectivity index (χ2v) is 11.1. The summed E-state index contributed by atoms with van der Waals surface area (Å²) in [6, 6.07) is 7.35. The van der Waals surface area contributed by atoms with E-state index in [2.05, 4.69) is 37.6 Å². The Hall–Kier alpha value is -3.94. The fourth-order valence-corrected chi connectivity index (χ4v) is 5.33. The molecule has 0 bridgehead atoms. The molecule has 8 heteroatoms. The highest BCUT2D eigenvalue weighted by Gasteiger charge is 2.27. The van der Waals surface area contributed by atoms with E-state index in [0.717, 1.165) is 89.6 Å².